The minimum atomic E-state index is -4.41. The standard InChI is InChI=1S/C24H40O4S/c1-3-5-7-9-11-12-14-17-21-18-16-20-23(29(26,27)28)24(21)22(25)19-15-13-10-8-6-4-2/h16,18,20H,3-15,17,19H2,1-2H3,(H,26,27,28). The summed E-state index contributed by atoms with van der Waals surface area (Å²) in [5.74, 6) is -0.160. The van der Waals surface area contributed by atoms with Crippen LogP contribution in [0.15, 0.2) is 23.1 Å². The van der Waals surface area contributed by atoms with Gasteiger partial charge in [0.2, 0.25) is 0 Å². The monoisotopic (exact) mass is 424 g/mol. The van der Waals surface area contributed by atoms with E-state index < -0.39 is 10.1 Å². The van der Waals surface area contributed by atoms with Crippen LogP contribution in [-0.4, -0.2) is 18.8 Å². The highest BCUT2D eigenvalue weighted by Gasteiger charge is 2.23. The highest BCUT2D eigenvalue weighted by Crippen LogP contribution is 2.24. The maximum atomic E-state index is 12.9. The smallest absolute Gasteiger partial charge is 0.294 e. The SMILES string of the molecule is CCCCCCCCCc1cccc(S(=O)(=O)O)c1C(=O)CCCCCCCC. The van der Waals surface area contributed by atoms with E-state index >= 15 is 0 Å². The predicted molar refractivity (Wildman–Crippen MR) is 120 cm³/mol. The van der Waals surface area contributed by atoms with Gasteiger partial charge in [0, 0.05) is 12.0 Å². The third-order valence-electron chi connectivity index (χ3n) is 5.48. The second kappa shape index (κ2) is 14.7. The summed E-state index contributed by atoms with van der Waals surface area (Å²) in [5.41, 5.74) is 0.971. The van der Waals surface area contributed by atoms with Crippen LogP contribution in [-0.2, 0) is 16.5 Å². The van der Waals surface area contributed by atoms with Crippen LogP contribution in [0.4, 0.5) is 0 Å². The lowest BCUT2D eigenvalue weighted by molar-refractivity contribution is 0.0974. The fourth-order valence-electron chi connectivity index (χ4n) is 3.78. The molecular formula is C24H40O4S. The van der Waals surface area contributed by atoms with E-state index in [4.69, 9.17) is 0 Å². The number of ketones is 1. The van der Waals surface area contributed by atoms with E-state index in [1.54, 1.807) is 6.07 Å². The van der Waals surface area contributed by atoms with Gasteiger partial charge in [0.05, 0.1) is 0 Å². The molecule has 0 saturated carbocycles. The molecule has 29 heavy (non-hydrogen) atoms. The summed E-state index contributed by atoms with van der Waals surface area (Å²) in [4.78, 5) is 12.6. The summed E-state index contributed by atoms with van der Waals surface area (Å²) >= 11 is 0. The second-order valence-electron chi connectivity index (χ2n) is 8.08. The Balaban J connectivity index is 2.72. The molecule has 0 aliphatic carbocycles. The van der Waals surface area contributed by atoms with Gasteiger partial charge < -0.3 is 0 Å². The van der Waals surface area contributed by atoms with E-state index in [0.717, 1.165) is 37.7 Å². The maximum absolute atomic E-state index is 12.9. The van der Waals surface area contributed by atoms with Crippen molar-refractivity contribution in [1.82, 2.24) is 0 Å². The van der Waals surface area contributed by atoms with Gasteiger partial charge in [-0.2, -0.15) is 8.42 Å². The van der Waals surface area contributed by atoms with Crippen LogP contribution in [0.1, 0.15) is 120 Å². The van der Waals surface area contributed by atoms with Crippen LogP contribution in [0.5, 0.6) is 0 Å². The molecule has 0 amide bonds. The first-order valence-corrected chi connectivity index (χ1v) is 13.0. The summed E-state index contributed by atoms with van der Waals surface area (Å²) < 4.78 is 33.3. The van der Waals surface area contributed by atoms with Crippen LogP contribution in [0.2, 0.25) is 0 Å². The van der Waals surface area contributed by atoms with Crippen molar-refractivity contribution in [2.45, 2.75) is 115 Å². The Morgan fingerprint density at radius 1 is 0.793 bits per heavy atom. The first-order chi connectivity index (χ1) is 13.9. The molecule has 0 radical (unpaired) electrons. The lowest BCUT2D eigenvalue weighted by Gasteiger charge is -2.13. The lowest BCUT2D eigenvalue weighted by atomic mass is 9.95. The summed E-state index contributed by atoms with van der Waals surface area (Å²) in [7, 11) is -4.41. The van der Waals surface area contributed by atoms with E-state index in [1.165, 1.54) is 57.4 Å². The van der Waals surface area contributed by atoms with Gasteiger partial charge in [-0.25, -0.2) is 0 Å². The number of carbonyl (C=O) groups is 1. The van der Waals surface area contributed by atoms with E-state index in [9.17, 15) is 17.8 Å². The van der Waals surface area contributed by atoms with Crippen LogP contribution in [0.3, 0.4) is 0 Å². The van der Waals surface area contributed by atoms with E-state index in [1.807, 2.05) is 6.07 Å². The second-order valence-corrected chi connectivity index (χ2v) is 9.47. The number of hydrogen-bond donors (Lipinski definition) is 1. The Morgan fingerprint density at radius 3 is 1.86 bits per heavy atom. The molecule has 0 unspecified atom stereocenters. The highest BCUT2D eigenvalue weighted by atomic mass is 32.2. The van der Waals surface area contributed by atoms with Gasteiger partial charge in [0.25, 0.3) is 10.1 Å². The number of aryl methyl sites for hydroxylation is 1. The van der Waals surface area contributed by atoms with Crippen molar-refractivity contribution in [2.75, 3.05) is 0 Å². The number of unbranched alkanes of at least 4 members (excludes halogenated alkanes) is 11. The molecule has 0 bridgehead atoms. The molecular weight excluding hydrogens is 384 g/mol. The molecule has 1 aromatic rings. The number of hydrogen-bond acceptors (Lipinski definition) is 3. The zero-order valence-electron chi connectivity index (χ0n) is 18.4. The van der Waals surface area contributed by atoms with E-state index in [0.29, 0.717) is 12.8 Å². The first kappa shape index (κ1) is 25.8. The lowest BCUT2D eigenvalue weighted by Crippen LogP contribution is -2.12. The summed E-state index contributed by atoms with van der Waals surface area (Å²) in [6, 6.07) is 4.81. The molecule has 1 rings (SSSR count). The molecule has 0 atom stereocenters. The van der Waals surface area contributed by atoms with Crippen molar-refractivity contribution in [2.24, 2.45) is 0 Å². The van der Waals surface area contributed by atoms with Crippen molar-refractivity contribution in [1.29, 1.82) is 0 Å². The minimum absolute atomic E-state index is 0.160. The van der Waals surface area contributed by atoms with Crippen molar-refractivity contribution in [3.63, 3.8) is 0 Å². The third kappa shape index (κ3) is 10.4. The Hall–Kier alpha value is -1.20. The molecule has 5 heteroatoms. The van der Waals surface area contributed by atoms with Crippen LogP contribution < -0.4 is 0 Å². The molecule has 0 fully saturated rings. The third-order valence-corrected chi connectivity index (χ3v) is 6.37. The Morgan fingerprint density at radius 2 is 1.31 bits per heavy atom. The summed E-state index contributed by atoms with van der Waals surface area (Å²) in [5, 5.41) is 0. The molecule has 1 N–H and O–H groups in total. The van der Waals surface area contributed by atoms with Gasteiger partial charge in [-0.15, -0.1) is 0 Å². The van der Waals surface area contributed by atoms with Crippen LogP contribution in [0.25, 0.3) is 0 Å². The van der Waals surface area contributed by atoms with E-state index in [-0.39, 0.29) is 16.2 Å². The average Bonchev–Trinajstić information content (AvgIpc) is 2.68. The maximum Gasteiger partial charge on any atom is 0.295 e. The van der Waals surface area contributed by atoms with Gasteiger partial charge in [0.15, 0.2) is 5.78 Å². The largest absolute Gasteiger partial charge is 0.295 e. The zero-order valence-corrected chi connectivity index (χ0v) is 19.2. The molecule has 0 heterocycles. The van der Waals surface area contributed by atoms with Gasteiger partial charge in [0.1, 0.15) is 4.90 Å². The average molecular weight is 425 g/mol. The predicted octanol–water partition coefficient (Wildman–Crippen LogP) is 7.16. The zero-order chi connectivity index (χ0) is 21.5. The summed E-state index contributed by atoms with van der Waals surface area (Å²) in [6.07, 6.45) is 15.6. The fourth-order valence-corrected chi connectivity index (χ4v) is 4.53. The Kier molecular flexibility index (Phi) is 13.1. The molecule has 0 saturated heterocycles. The van der Waals surface area contributed by atoms with Gasteiger partial charge in [-0.1, -0.05) is 96.6 Å². The van der Waals surface area contributed by atoms with Crippen molar-refractivity contribution >= 4 is 15.9 Å². The number of Topliss-reactive ketones (excluding diaryl/α,β-unsaturated/α-hetero) is 1. The fraction of sp³-hybridized carbons (Fsp3) is 0.708. The molecule has 1 aromatic carbocycles. The number of carbonyl (C=O) groups excluding carboxylic acids is 1. The minimum Gasteiger partial charge on any atom is -0.294 e. The van der Waals surface area contributed by atoms with Crippen LogP contribution >= 0.6 is 0 Å². The van der Waals surface area contributed by atoms with Gasteiger partial charge in [-0.3, -0.25) is 9.35 Å². The highest BCUT2D eigenvalue weighted by molar-refractivity contribution is 7.86. The number of rotatable bonds is 17. The summed E-state index contributed by atoms with van der Waals surface area (Å²) in [6.45, 7) is 4.37. The molecule has 4 nitrogen and oxygen atoms in total. The number of benzene rings is 1. The first-order valence-electron chi connectivity index (χ1n) is 11.5. The Labute approximate surface area is 178 Å². The van der Waals surface area contributed by atoms with Crippen LogP contribution in [0, 0.1) is 0 Å². The molecule has 0 spiro atoms. The molecule has 166 valence electrons. The van der Waals surface area contributed by atoms with Crippen molar-refractivity contribution in [3.8, 4) is 0 Å². The van der Waals surface area contributed by atoms with Gasteiger partial charge >= 0.3 is 0 Å². The van der Waals surface area contributed by atoms with Crippen molar-refractivity contribution < 1.29 is 17.8 Å². The van der Waals surface area contributed by atoms with Gasteiger partial charge in [-0.05, 0) is 30.9 Å². The molecule has 0 aliphatic rings. The molecule has 0 aromatic heterocycles. The normalized spacial score (nSPS) is 11.7. The topological polar surface area (TPSA) is 71.4 Å². The Bertz CT molecular complexity index is 695. The van der Waals surface area contributed by atoms with E-state index in [2.05, 4.69) is 13.8 Å². The molecule has 0 aliphatic heterocycles. The quantitative estimate of drug-likeness (QED) is 0.164. The van der Waals surface area contributed by atoms with Crippen molar-refractivity contribution in [3.05, 3.63) is 29.3 Å².